The fourth-order valence-electron chi connectivity index (χ4n) is 1.40. The van der Waals surface area contributed by atoms with E-state index in [1.54, 1.807) is 11.3 Å². The SMILES string of the molecule is COC(=O)COCc1cc2ccccc2s1. The molecule has 0 N–H and O–H groups in total. The maximum absolute atomic E-state index is 10.8. The van der Waals surface area contributed by atoms with Gasteiger partial charge in [-0.15, -0.1) is 11.3 Å². The zero-order valence-corrected chi connectivity index (χ0v) is 9.75. The highest BCUT2D eigenvalue weighted by Crippen LogP contribution is 2.25. The quantitative estimate of drug-likeness (QED) is 0.765. The van der Waals surface area contributed by atoms with Gasteiger partial charge in [-0.1, -0.05) is 18.2 Å². The van der Waals surface area contributed by atoms with Gasteiger partial charge in [-0.05, 0) is 17.5 Å². The van der Waals surface area contributed by atoms with Gasteiger partial charge < -0.3 is 9.47 Å². The Hall–Kier alpha value is -1.39. The van der Waals surface area contributed by atoms with Crippen molar-refractivity contribution in [2.45, 2.75) is 6.61 Å². The van der Waals surface area contributed by atoms with Crippen LogP contribution in [0.1, 0.15) is 4.88 Å². The number of methoxy groups -OCH3 is 1. The van der Waals surface area contributed by atoms with E-state index in [0.29, 0.717) is 6.61 Å². The number of rotatable bonds is 4. The van der Waals surface area contributed by atoms with Crippen LogP contribution in [0, 0.1) is 0 Å². The topological polar surface area (TPSA) is 35.5 Å². The number of benzene rings is 1. The first-order valence-corrected chi connectivity index (χ1v) is 5.73. The Morgan fingerprint density at radius 2 is 2.19 bits per heavy atom. The molecule has 0 saturated heterocycles. The lowest BCUT2D eigenvalue weighted by Crippen LogP contribution is -2.09. The number of thiophene rings is 1. The lowest BCUT2D eigenvalue weighted by atomic mass is 10.2. The summed E-state index contributed by atoms with van der Waals surface area (Å²) in [6.07, 6.45) is 0. The Bertz CT molecular complexity index is 457. The molecule has 4 heteroatoms. The molecule has 0 aliphatic carbocycles. The summed E-state index contributed by atoms with van der Waals surface area (Å²) >= 11 is 1.68. The molecule has 0 fully saturated rings. The summed E-state index contributed by atoms with van der Waals surface area (Å²) in [5, 5.41) is 1.21. The van der Waals surface area contributed by atoms with Crippen molar-refractivity contribution in [3.63, 3.8) is 0 Å². The lowest BCUT2D eigenvalue weighted by Gasteiger charge is -1.99. The summed E-state index contributed by atoms with van der Waals surface area (Å²) in [7, 11) is 1.35. The van der Waals surface area contributed by atoms with Crippen molar-refractivity contribution < 1.29 is 14.3 Å². The van der Waals surface area contributed by atoms with Gasteiger partial charge in [0.1, 0.15) is 6.61 Å². The monoisotopic (exact) mass is 236 g/mol. The molecule has 0 aliphatic heterocycles. The summed E-state index contributed by atoms with van der Waals surface area (Å²) in [5.74, 6) is -0.346. The number of carbonyl (C=O) groups is 1. The average molecular weight is 236 g/mol. The molecule has 84 valence electrons. The van der Waals surface area contributed by atoms with E-state index in [1.165, 1.54) is 17.2 Å². The summed E-state index contributed by atoms with van der Waals surface area (Å²) in [5.41, 5.74) is 0. The zero-order chi connectivity index (χ0) is 11.4. The molecule has 0 atom stereocenters. The number of esters is 1. The summed E-state index contributed by atoms with van der Waals surface area (Å²) in [4.78, 5) is 11.9. The molecule has 0 amide bonds. The molecule has 1 aromatic heterocycles. The van der Waals surface area contributed by atoms with Gasteiger partial charge >= 0.3 is 5.97 Å². The number of hydrogen-bond acceptors (Lipinski definition) is 4. The second-order valence-corrected chi connectivity index (χ2v) is 4.49. The van der Waals surface area contributed by atoms with Crippen molar-refractivity contribution in [1.82, 2.24) is 0 Å². The van der Waals surface area contributed by atoms with Crippen molar-refractivity contribution in [3.05, 3.63) is 35.2 Å². The second kappa shape index (κ2) is 5.09. The normalized spacial score (nSPS) is 10.6. The highest BCUT2D eigenvalue weighted by atomic mass is 32.1. The van der Waals surface area contributed by atoms with Gasteiger partial charge in [0, 0.05) is 9.58 Å². The van der Waals surface area contributed by atoms with Crippen LogP contribution in [0.5, 0.6) is 0 Å². The summed E-state index contributed by atoms with van der Waals surface area (Å²) in [6, 6.07) is 10.2. The first-order chi connectivity index (χ1) is 7.79. The van der Waals surface area contributed by atoms with Crippen LogP contribution in [-0.2, 0) is 20.9 Å². The van der Waals surface area contributed by atoms with E-state index < -0.39 is 0 Å². The van der Waals surface area contributed by atoms with Gasteiger partial charge in [-0.2, -0.15) is 0 Å². The van der Waals surface area contributed by atoms with E-state index in [9.17, 15) is 4.79 Å². The summed E-state index contributed by atoms with van der Waals surface area (Å²) in [6.45, 7) is 0.458. The Labute approximate surface area is 97.6 Å². The van der Waals surface area contributed by atoms with E-state index >= 15 is 0 Å². The molecule has 2 aromatic rings. The number of fused-ring (bicyclic) bond motifs is 1. The molecule has 1 aromatic carbocycles. The van der Waals surface area contributed by atoms with Gasteiger partial charge in [0.05, 0.1) is 13.7 Å². The lowest BCUT2D eigenvalue weighted by molar-refractivity contribution is -0.146. The molecule has 3 nitrogen and oxygen atoms in total. The van der Waals surface area contributed by atoms with Crippen LogP contribution in [0.3, 0.4) is 0 Å². The Morgan fingerprint density at radius 1 is 1.38 bits per heavy atom. The van der Waals surface area contributed by atoms with E-state index in [4.69, 9.17) is 4.74 Å². The Balaban J connectivity index is 1.97. The highest BCUT2D eigenvalue weighted by Gasteiger charge is 2.03. The van der Waals surface area contributed by atoms with Crippen LogP contribution in [0.4, 0.5) is 0 Å². The molecule has 0 saturated carbocycles. The Kier molecular flexibility index (Phi) is 3.54. The molecule has 0 bridgehead atoms. The minimum absolute atomic E-state index is 0.00471. The largest absolute Gasteiger partial charge is 0.467 e. The number of carbonyl (C=O) groups excluding carboxylic acids is 1. The van der Waals surface area contributed by atoms with E-state index in [0.717, 1.165) is 4.88 Å². The van der Waals surface area contributed by atoms with Crippen LogP contribution in [0.15, 0.2) is 30.3 Å². The maximum atomic E-state index is 10.8. The van der Waals surface area contributed by atoms with Crippen molar-refractivity contribution in [1.29, 1.82) is 0 Å². The predicted molar refractivity (Wildman–Crippen MR) is 63.5 cm³/mol. The standard InChI is InChI=1S/C12H12O3S/c1-14-12(13)8-15-7-10-6-9-4-2-3-5-11(9)16-10/h2-6H,7-8H2,1H3. The van der Waals surface area contributed by atoms with Crippen LogP contribution < -0.4 is 0 Å². The molecule has 0 radical (unpaired) electrons. The molecule has 1 heterocycles. The fourth-order valence-corrected chi connectivity index (χ4v) is 2.40. The van der Waals surface area contributed by atoms with Crippen LogP contribution in [0.25, 0.3) is 10.1 Å². The maximum Gasteiger partial charge on any atom is 0.331 e. The smallest absolute Gasteiger partial charge is 0.331 e. The zero-order valence-electron chi connectivity index (χ0n) is 8.93. The second-order valence-electron chi connectivity index (χ2n) is 3.32. The van der Waals surface area contributed by atoms with Crippen molar-refractivity contribution in [3.8, 4) is 0 Å². The highest BCUT2D eigenvalue weighted by molar-refractivity contribution is 7.19. The Morgan fingerprint density at radius 3 is 2.94 bits per heavy atom. The van der Waals surface area contributed by atoms with Crippen LogP contribution in [-0.4, -0.2) is 19.7 Å². The van der Waals surface area contributed by atoms with Crippen LogP contribution >= 0.6 is 11.3 Å². The molecule has 16 heavy (non-hydrogen) atoms. The summed E-state index contributed by atoms with van der Waals surface area (Å²) < 4.78 is 11.0. The van der Waals surface area contributed by atoms with Gasteiger partial charge in [0.25, 0.3) is 0 Å². The predicted octanol–water partition coefficient (Wildman–Crippen LogP) is 2.59. The van der Waals surface area contributed by atoms with Crippen molar-refractivity contribution in [2.75, 3.05) is 13.7 Å². The van der Waals surface area contributed by atoms with Gasteiger partial charge in [-0.3, -0.25) is 0 Å². The van der Waals surface area contributed by atoms with Gasteiger partial charge in [0.2, 0.25) is 0 Å². The van der Waals surface area contributed by atoms with Crippen LogP contribution in [0.2, 0.25) is 0 Å². The third-order valence-electron chi connectivity index (χ3n) is 2.17. The van der Waals surface area contributed by atoms with E-state index in [-0.39, 0.29) is 12.6 Å². The van der Waals surface area contributed by atoms with Gasteiger partial charge in [-0.25, -0.2) is 4.79 Å². The van der Waals surface area contributed by atoms with E-state index in [2.05, 4.69) is 22.9 Å². The first kappa shape index (κ1) is 11.1. The first-order valence-electron chi connectivity index (χ1n) is 4.91. The molecule has 2 rings (SSSR count). The average Bonchev–Trinajstić information content (AvgIpc) is 2.71. The van der Waals surface area contributed by atoms with Crippen molar-refractivity contribution >= 4 is 27.4 Å². The third-order valence-corrected chi connectivity index (χ3v) is 3.26. The number of ether oxygens (including phenoxy) is 2. The molecular formula is C12H12O3S. The van der Waals surface area contributed by atoms with E-state index in [1.807, 2.05) is 12.1 Å². The number of hydrogen-bond donors (Lipinski definition) is 0. The molecule has 0 spiro atoms. The molecule has 0 unspecified atom stereocenters. The molecular weight excluding hydrogens is 224 g/mol. The minimum atomic E-state index is -0.346. The molecule has 0 aliphatic rings. The van der Waals surface area contributed by atoms with Crippen molar-refractivity contribution in [2.24, 2.45) is 0 Å². The third kappa shape index (κ3) is 2.59. The fraction of sp³-hybridized carbons (Fsp3) is 0.250. The van der Waals surface area contributed by atoms with Gasteiger partial charge in [0.15, 0.2) is 0 Å². The minimum Gasteiger partial charge on any atom is -0.467 e.